The van der Waals surface area contributed by atoms with Gasteiger partial charge in [0.05, 0.1) is 0 Å². The predicted molar refractivity (Wildman–Crippen MR) is 103 cm³/mol. The molecule has 0 unspecified atom stereocenters. The number of hydrogen-bond acceptors (Lipinski definition) is 2. The number of aromatic nitrogens is 1. The summed E-state index contributed by atoms with van der Waals surface area (Å²) < 4.78 is 21.3. The van der Waals surface area contributed by atoms with E-state index in [1.165, 1.54) is 23.0 Å². The molecule has 0 aliphatic carbocycles. The van der Waals surface area contributed by atoms with Crippen molar-refractivity contribution >= 4 is 10.9 Å². The van der Waals surface area contributed by atoms with Gasteiger partial charge in [-0.15, -0.1) is 0 Å². The highest BCUT2D eigenvalue weighted by Crippen LogP contribution is 2.20. The topological polar surface area (TPSA) is 17.4 Å². The summed E-state index contributed by atoms with van der Waals surface area (Å²) in [7, 11) is 0. The Balaban J connectivity index is 1.21. The van der Waals surface area contributed by atoms with Crippen molar-refractivity contribution in [3.8, 4) is 5.75 Å². The lowest BCUT2D eigenvalue weighted by atomic mass is 10.1. The van der Waals surface area contributed by atoms with Crippen molar-refractivity contribution < 1.29 is 9.13 Å². The van der Waals surface area contributed by atoms with Gasteiger partial charge in [-0.2, -0.15) is 0 Å². The smallest absolute Gasteiger partial charge is 0.123 e. The molecule has 1 aromatic heterocycles. The Bertz CT molecular complexity index is 835. The number of rotatable bonds is 6. The van der Waals surface area contributed by atoms with Gasteiger partial charge < -0.3 is 14.2 Å². The number of hydrogen-bond donors (Lipinski definition) is 0. The zero-order valence-electron chi connectivity index (χ0n) is 15.0. The fourth-order valence-electron chi connectivity index (χ4n) is 3.76. The molecule has 4 heteroatoms. The van der Waals surface area contributed by atoms with Crippen molar-refractivity contribution in [2.75, 3.05) is 19.6 Å². The molecule has 1 fully saturated rings. The monoisotopic (exact) mass is 352 g/mol. The van der Waals surface area contributed by atoms with E-state index in [0.29, 0.717) is 0 Å². The van der Waals surface area contributed by atoms with Crippen LogP contribution in [0.2, 0.25) is 0 Å². The van der Waals surface area contributed by atoms with Gasteiger partial charge in [0.2, 0.25) is 0 Å². The van der Waals surface area contributed by atoms with Gasteiger partial charge in [-0.25, -0.2) is 4.39 Å². The SMILES string of the molecule is Fc1ccc(OC2CCN(CCCn3ccc4ccccc43)CC2)cc1. The molecule has 4 rings (SSSR count). The van der Waals surface area contributed by atoms with Crippen molar-refractivity contribution in [2.24, 2.45) is 0 Å². The quantitative estimate of drug-likeness (QED) is 0.639. The second kappa shape index (κ2) is 7.92. The van der Waals surface area contributed by atoms with Crippen LogP contribution in [0.5, 0.6) is 5.75 Å². The molecule has 0 radical (unpaired) electrons. The number of para-hydroxylation sites is 1. The van der Waals surface area contributed by atoms with E-state index in [-0.39, 0.29) is 11.9 Å². The maximum absolute atomic E-state index is 13.0. The van der Waals surface area contributed by atoms with Crippen LogP contribution in [-0.4, -0.2) is 35.2 Å². The minimum atomic E-state index is -0.220. The van der Waals surface area contributed by atoms with E-state index in [4.69, 9.17) is 4.74 Å². The third kappa shape index (κ3) is 4.07. The van der Waals surface area contributed by atoms with Crippen LogP contribution >= 0.6 is 0 Å². The van der Waals surface area contributed by atoms with Gasteiger partial charge in [-0.05, 0) is 67.6 Å². The van der Waals surface area contributed by atoms with Crippen LogP contribution in [0.25, 0.3) is 10.9 Å². The molecule has 2 heterocycles. The normalized spacial score (nSPS) is 16.2. The summed E-state index contributed by atoms with van der Waals surface area (Å²) in [5, 5.41) is 1.31. The molecule has 1 saturated heterocycles. The fraction of sp³-hybridized carbons (Fsp3) is 0.364. The maximum atomic E-state index is 13.0. The van der Waals surface area contributed by atoms with E-state index in [9.17, 15) is 4.39 Å². The number of likely N-dealkylation sites (tertiary alicyclic amines) is 1. The van der Waals surface area contributed by atoms with Crippen molar-refractivity contribution in [2.45, 2.75) is 31.9 Å². The molecule has 0 bridgehead atoms. The number of aryl methyl sites for hydroxylation is 1. The second-order valence-electron chi connectivity index (χ2n) is 7.03. The van der Waals surface area contributed by atoms with Crippen molar-refractivity contribution in [3.63, 3.8) is 0 Å². The number of benzene rings is 2. The van der Waals surface area contributed by atoms with Crippen LogP contribution in [0.3, 0.4) is 0 Å². The van der Waals surface area contributed by atoms with Gasteiger partial charge in [0.15, 0.2) is 0 Å². The number of nitrogens with zero attached hydrogens (tertiary/aromatic N) is 2. The van der Waals surface area contributed by atoms with Crippen molar-refractivity contribution in [1.29, 1.82) is 0 Å². The molecule has 1 aliphatic heterocycles. The van der Waals surface area contributed by atoms with Gasteiger partial charge in [0.1, 0.15) is 17.7 Å². The zero-order chi connectivity index (χ0) is 17.8. The fourth-order valence-corrected chi connectivity index (χ4v) is 3.76. The Kier molecular flexibility index (Phi) is 5.21. The summed E-state index contributed by atoms with van der Waals surface area (Å²) in [6.07, 6.45) is 5.65. The maximum Gasteiger partial charge on any atom is 0.123 e. The zero-order valence-corrected chi connectivity index (χ0v) is 15.0. The average Bonchev–Trinajstić information content (AvgIpc) is 3.08. The number of halogens is 1. The Labute approximate surface area is 154 Å². The Morgan fingerprint density at radius 1 is 0.923 bits per heavy atom. The van der Waals surface area contributed by atoms with Crippen molar-refractivity contribution in [3.05, 3.63) is 66.6 Å². The molecule has 0 amide bonds. The summed E-state index contributed by atoms with van der Waals surface area (Å²) in [6, 6.07) is 17.1. The first-order chi connectivity index (χ1) is 12.8. The summed E-state index contributed by atoms with van der Waals surface area (Å²) in [5.74, 6) is 0.548. The third-order valence-corrected chi connectivity index (χ3v) is 5.20. The number of fused-ring (bicyclic) bond motifs is 1. The average molecular weight is 352 g/mol. The van der Waals surface area contributed by atoms with Crippen LogP contribution in [0, 0.1) is 5.82 Å². The standard InChI is InChI=1S/C22H25FN2O/c23-19-6-8-20(9-7-19)26-21-11-15-24(16-12-21)13-3-14-25-17-10-18-4-1-2-5-22(18)25/h1-2,4-10,17,21H,3,11-16H2. The van der Waals surface area contributed by atoms with Crippen molar-refractivity contribution in [1.82, 2.24) is 9.47 Å². The van der Waals surface area contributed by atoms with Gasteiger partial charge in [0, 0.05) is 31.3 Å². The van der Waals surface area contributed by atoms with Gasteiger partial charge in [-0.1, -0.05) is 18.2 Å². The highest BCUT2D eigenvalue weighted by molar-refractivity contribution is 5.79. The molecule has 0 N–H and O–H groups in total. The predicted octanol–water partition coefficient (Wildman–Crippen LogP) is 4.71. The molecule has 1 aliphatic rings. The molecule has 0 atom stereocenters. The molecule has 2 aromatic carbocycles. The molecule has 0 saturated carbocycles. The second-order valence-corrected chi connectivity index (χ2v) is 7.03. The number of piperidine rings is 1. The minimum Gasteiger partial charge on any atom is -0.490 e. The van der Waals surface area contributed by atoms with E-state index in [1.807, 2.05) is 0 Å². The largest absolute Gasteiger partial charge is 0.490 e. The van der Waals surface area contributed by atoms with Gasteiger partial charge in [0.25, 0.3) is 0 Å². The van der Waals surface area contributed by atoms with E-state index in [0.717, 1.165) is 51.2 Å². The Morgan fingerprint density at radius 2 is 1.69 bits per heavy atom. The summed E-state index contributed by atoms with van der Waals surface area (Å²) in [5.41, 5.74) is 1.32. The molecule has 3 aromatic rings. The summed E-state index contributed by atoms with van der Waals surface area (Å²) >= 11 is 0. The van der Waals surface area contributed by atoms with E-state index < -0.39 is 0 Å². The lowest BCUT2D eigenvalue weighted by molar-refractivity contribution is 0.0992. The number of ether oxygens (including phenoxy) is 1. The van der Waals surface area contributed by atoms with Crippen LogP contribution < -0.4 is 4.74 Å². The first-order valence-corrected chi connectivity index (χ1v) is 9.46. The van der Waals surface area contributed by atoms with E-state index in [1.54, 1.807) is 12.1 Å². The van der Waals surface area contributed by atoms with Crippen LogP contribution in [-0.2, 0) is 6.54 Å². The van der Waals surface area contributed by atoms with Crippen LogP contribution in [0.4, 0.5) is 4.39 Å². The first-order valence-electron chi connectivity index (χ1n) is 9.46. The highest BCUT2D eigenvalue weighted by atomic mass is 19.1. The minimum absolute atomic E-state index is 0.220. The van der Waals surface area contributed by atoms with Gasteiger partial charge in [-0.3, -0.25) is 0 Å². The lowest BCUT2D eigenvalue weighted by Gasteiger charge is -2.32. The molecular weight excluding hydrogens is 327 g/mol. The lowest BCUT2D eigenvalue weighted by Crippen LogP contribution is -2.38. The molecule has 136 valence electrons. The summed E-state index contributed by atoms with van der Waals surface area (Å²) in [6.45, 7) is 4.31. The molecule has 3 nitrogen and oxygen atoms in total. The summed E-state index contributed by atoms with van der Waals surface area (Å²) in [4.78, 5) is 2.52. The molecule has 26 heavy (non-hydrogen) atoms. The first kappa shape index (κ1) is 17.1. The van der Waals surface area contributed by atoms with Crippen LogP contribution in [0.1, 0.15) is 19.3 Å². The van der Waals surface area contributed by atoms with E-state index >= 15 is 0 Å². The Morgan fingerprint density at radius 3 is 2.50 bits per heavy atom. The highest BCUT2D eigenvalue weighted by Gasteiger charge is 2.20. The molecular formula is C22H25FN2O. The molecule has 0 spiro atoms. The Hall–Kier alpha value is -2.33. The van der Waals surface area contributed by atoms with Crippen LogP contribution in [0.15, 0.2) is 60.8 Å². The van der Waals surface area contributed by atoms with E-state index in [2.05, 4.69) is 46.0 Å². The third-order valence-electron chi connectivity index (χ3n) is 5.20. The van der Waals surface area contributed by atoms with Gasteiger partial charge >= 0.3 is 0 Å².